The maximum atomic E-state index is 13.9. The van der Waals surface area contributed by atoms with Gasteiger partial charge in [0, 0.05) is 109 Å². The predicted octanol–water partition coefficient (Wildman–Crippen LogP) is 17.5. The SMILES string of the molecule is O=C(NS(=O)(=O)c1ccc(NCC2CCOCC2)c([N+](=O)[O-])c1)c1ccc(C2CCC(N3CCCC3c3cccc(Cl)c3)CC2)cc1Oc1cnc2[nH]ccc2c1.O=C(NS(=O)(=O)c1ccc(NCC2CCOCC2)c([N+](=O)[O-])c1)c1ccc(C2CCC(N3CCCC3c3cccc(Cl)c3)CC2)cc1Oc1cnc2[nH]ccc2c1. The van der Waals surface area contributed by atoms with Crippen molar-refractivity contribution in [2.75, 3.05) is 63.2 Å². The zero-order chi connectivity index (χ0) is 79.0. The summed E-state index contributed by atoms with van der Waals surface area (Å²) < 4.78 is 82.2. The standard InChI is InChI=1S/2C42H45ClN6O7S/c2*43-32-4-1-3-30(21-32)38-5-2-18-48(38)33-9-6-28(7-10-33)29-8-12-36(40(23-29)56-34-22-31-14-17-44-41(31)46-26-34)42(50)47-57(53,54)35-11-13-37(39(24-35)49(51)52)45-25-27-15-19-55-20-16-27/h2*1,3-4,8,11-14,17,21-24,26-28,33,38,45H,2,5-7,9-10,15-16,18-20,25H2,(H,44,46)(H,47,50). The summed E-state index contributed by atoms with van der Waals surface area (Å²) in [6.07, 6.45) is 22.3. The zero-order valence-electron chi connectivity index (χ0n) is 62.7. The van der Waals surface area contributed by atoms with Crippen LogP contribution >= 0.6 is 23.2 Å². The fourth-order valence-electron chi connectivity index (χ4n) is 17.3. The van der Waals surface area contributed by atoms with Crippen LogP contribution in [0, 0.1) is 32.1 Å². The van der Waals surface area contributed by atoms with Gasteiger partial charge >= 0.3 is 0 Å². The van der Waals surface area contributed by atoms with Gasteiger partial charge in [0.15, 0.2) is 0 Å². The highest BCUT2D eigenvalue weighted by atomic mass is 35.5. The number of nitro groups is 2. The van der Waals surface area contributed by atoms with Crippen LogP contribution in [0.5, 0.6) is 23.0 Å². The van der Waals surface area contributed by atoms with E-state index >= 15 is 0 Å². The van der Waals surface area contributed by atoms with Gasteiger partial charge < -0.3 is 39.5 Å². The first-order valence-corrected chi connectivity index (χ1v) is 42.8. The minimum atomic E-state index is -4.53. The monoisotopic (exact) mass is 1620 g/mol. The average molecular weight is 1630 g/mol. The summed E-state index contributed by atoms with van der Waals surface area (Å²) in [5.74, 6) is 0.229. The third-order valence-corrected chi connectivity index (χ3v) is 26.4. The maximum Gasteiger partial charge on any atom is 0.293 e. The summed E-state index contributed by atoms with van der Waals surface area (Å²) >= 11 is 12.7. The predicted molar refractivity (Wildman–Crippen MR) is 435 cm³/mol. The summed E-state index contributed by atoms with van der Waals surface area (Å²) in [4.78, 5) is 69.9. The molecular weight excluding hydrogens is 1540 g/mol. The molecular formula is C84H90Cl2N12O14S2. The molecule has 4 aromatic heterocycles. The van der Waals surface area contributed by atoms with Gasteiger partial charge in [0.25, 0.3) is 43.2 Å². The molecule has 10 aromatic rings. The van der Waals surface area contributed by atoms with Gasteiger partial charge in [-0.2, -0.15) is 0 Å². The van der Waals surface area contributed by atoms with E-state index in [0.29, 0.717) is 86.5 Å². The van der Waals surface area contributed by atoms with E-state index in [-0.39, 0.29) is 57.7 Å². The lowest BCUT2D eigenvalue weighted by Crippen LogP contribution is -2.37. The molecule has 4 aliphatic heterocycles. The van der Waals surface area contributed by atoms with Crippen molar-refractivity contribution in [3.63, 3.8) is 0 Å². The summed E-state index contributed by atoms with van der Waals surface area (Å²) in [6, 6.07) is 43.0. The number of hydrogen-bond donors (Lipinski definition) is 6. The lowest BCUT2D eigenvalue weighted by molar-refractivity contribution is -0.384. The van der Waals surface area contributed by atoms with E-state index in [0.717, 1.165) is 160 Å². The quantitative estimate of drug-likeness (QED) is 0.0242. The first-order valence-electron chi connectivity index (χ1n) is 39.1. The largest absolute Gasteiger partial charge is 0.455 e. The minimum Gasteiger partial charge on any atom is -0.455 e. The summed E-state index contributed by atoms with van der Waals surface area (Å²) in [7, 11) is -9.06. The van der Waals surface area contributed by atoms with Crippen molar-refractivity contribution in [3.8, 4) is 23.0 Å². The Labute approximate surface area is 670 Å². The Balaban J connectivity index is 0.000000180. The van der Waals surface area contributed by atoms with Crippen molar-refractivity contribution in [2.45, 2.75) is 149 Å². The lowest BCUT2D eigenvalue weighted by atomic mass is 9.80. The number of hydrogen-bond acceptors (Lipinski definition) is 20. The number of pyridine rings is 2. The van der Waals surface area contributed by atoms with Gasteiger partial charge in [0.2, 0.25) is 0 Å². The molecule has 0 radical (unpaired) electrons. The highest BCUT2D eigenvalue weighted by Gasteiger charge is 2.38. The molecule has 6 aromatic carbocycles. The third kappa shape index (κ3) is 18.7. The fourth-order valence-corrected chi connectivity index (χ4v) is 19.6. The molecule has 0 bridgehead atoms. The molecule has 2 aliphatic carbocycles. The molecule has 114 heavy (non-hydrogen) atoms. The zero-order valence-corrected chi connectivity index (χ0v) is 65.9. The molecule has 6 aliphatic rings. The second-order valence-corrected chi connectivity index (χ2v) is 34.7. The van der Waals surface area contributed by atoms with Crippen molar-refractivity contribution < 1.29 is 55.2 Å². The molecule has 2 amide bonds. The van der Waals surface area contributed by atoms with Gasteiger partial charge in [-0.05, 0) is 259 Å². The van der Waals surface area contributed by atoms with E-state index < -0.39 is 62.9 Å². The van der Waals surface area contributed by atoms with Crippen LogP contribution in [0.2, 0.25) is 10.0 Å². The number of aromatic amines is 2. The Bertz CT molecular complexity index is 5080. The van der Waals surface area contributed by atoms with Gasteiger partial charge in [-0.15, -0.1) is 0 Å². The van der Waals surface area contributed by atoms with Gasteiger partial charge in [-0.25, -0.2) is 36.2 Å². The Morgan fingerprint density at radius 3 is 1.30 bits per heavy atom. The van der Waals surface area contributed by atoms with Crippen molar-refractivity contribution in [1.82, 2.24) is 39.2 Å². The number of benzene rings is 6. The number of halogens is 2. The Morgan fingerprint density at radius 1 is 0.491 bits per heavy atom. The van der Waals surface area contributed by atoms with Crippen LogP contribution < -0.4 is 29.6 Å². The van der Waals surface area contributed by atoms with E-state index in [1.807, 2.05) is 60.7 Å². The summed E-state index contributed by atoms with van der Waals surface area (Å²) in [5, 5.41) is 33.4. The van der Waals surface area contributed by atoms with E-state index in [1.54, 1.807) is 36.7 Å². The van der Waals surface area contributed by atoms with Crippen LogP contribution in [-0.2, 0) is 29.5 Å². The molecule has 4 saturated heterocycles. The first kappa shape index (κ1) is 79.2. The number of carbonyl (C=O) groups is 2. The number of H-pyrrole nitrogens is 2. The minimum absolute atomic E-state index is 0.00384. The number of carbonyl (C=O) groups excluding carboxylic acids is 2. The molecule has 26 nitrogen and oxygen atoms in total. The molecule has 16 rings (SSSR count). The second kappa shape index (κ2) is 35.4. The molecule has 30 heteroatoms. The molecule has 0 spiro atoms. The molecule has 6 fully saturated rings. The fraction of sp³-hybridized carbons (Fsp3) is 0.381. The van der Waals surface area contributed by atoms with Gasteiger partial charge in [-0.1, -0.05) is 59.6 Å². The smallest absolute Gasteiger partial charge is 0.293 e. The summed E-state index contributed by atoms with van der Waals surface area (Å²) in [5.41, 5.74) is 5.44. The van der Waals surface area contributed by atoms with Crippen LogP contribution in [0.15, 0.2) is 180 Å². The molecule has 6 N–H and O–H groups in total. The normalized spacial score (nSPS) is 20.7. The number of nitro benzene ring substituents is 2. The van der Waals surface area contributed by atoms with Crippen molar-refractivity contribution in [3.05, 3.63) is 234 Å². The second-order valence-electron chi connectivity index (χ2n) is 30.4. The molecule has 596 valence electrons. The maximum absolute atomic E-state index is 13.9. The van der Waals surface area contributed by atoms with E-state index in [1.165, 1.54) is 47.8 Å². The van der Waals surface area contributed by atoms with Crippen molar-refractivity contribution in [2.24, 2.45) is 11.8 Å². The van der Waals surface area contributed by atoms with Crippen LogP contribution in [0.1, 0.15) is 170 Å². The lowest BCUT2D eigenvalue weighted by Gasteiger charge is -2.38. The topological polar surface area (TPSA) is 338 Å². The average Bonchev–Trinajstić information content (AvgIpc) is 1.13. The van der Waals surface area contributed by atoms with E-state index in [2.05, 4.69) is 74.1 Å². The number of fused-ring (bicyclic) bond motifs is 2. The Morgan fingerprint density at radius 2 is 0.904 bits per heavy atom. The number of rotatable bonds is 24. The van der Waals surface area contributed by atoms with Crippen LogP contribution in [0.4, 0.5) is 22.7 Å². The van der Waals surface area contributed by atoms with Gasteiger partial charge in [0.05, 0.1) is 43.2 Å². The first-order chi connectivity index (χ1) is 55.2. The number of anilines is 2. The van der Waals surface area contributed by atoms with E-state index in [9.17, 15) is 46.7 Å². The number of aromatic nitrogens is 4. The number of ether oxygens (including phenoxy) is 4. The molecule has 2 unspecified atom stereocenters. The highest BCUT2D eigenvalue weighted by Crippen LogP contribution is 2.46. The van der Waals surface area contributed by atoms with Crippen LogP contribution in [0.3, 0.4) is 0 Å². The molecule has 8 heterocycles. The van der Waals surface area contributed by atoms with Crippen molar-refractivity contribution >= 4 is 99.9 Å². The van der Waals surface area contributed by atoms with Gasteiger partial charge in [0.1, 0.15) is 45.7 Å². The molecule has 2 atom stereocenters. The summed E-state index contributed by atoms with van der Waals surface area (Å²) in [6.45, 7) is 5.62. The van der Waals surface area contributed by atoms with Gasteiger partial charge in [-0.3, -0.25) is 39.6 Å². The highest BCUT2D eigenvalue weighted by molar-refractivity contribution is 7.90. The van der Waals surface area contributed by atoms with Crippen LogP contribution in [-0.4, -0.2) is 133 Å². The Hall–Kier alpha value is -10.0. The number of likely N-dealkylation sites (tertiary alicyclic amines) is 2. The number of nitrogens with one attached hydrogen (secondary N) is 6. The molecule has 2 saturated carbocycles. The number of sulfonamides is 2. The third-order valence-electron chi connectivity index (χ3n) is 23.3. The number of amides is 2. The van der Waals surface area contributed by atoms with Crippen molar-refractivity contribution in [1.29, 1.82) is 0 Å². The Kier molecular flexibility index (Phi) is 24.6. The number of nitrogens with zero attached hydrogens (tertiary/aromatic N) is 6. The van der Waals surface area contributed by atoms with Crippen LogP contribution in [0.25, 0.3) is 22.1 Å². The van der Waals surface area contributed by atoms with E-state index in [4.69, 9.17) is 42.1 Å².